The highest BCUT2D eigenvalue weighted by molar-refractivity contribution is 4.88. The molecule has 0 aromatic heterocycles. The van der Waals surface area contributed by atoms with Crippen LogP contribution in [0.2, 0.25) is 0 Å². The van der Waals surface area contributed by atoms with Gasteiger partial charge in [0, 0.05) is 0 Å². The van der Waals surface area contributed by atoms with Gasteiger partial charge in [-0.2, -0.15) is 0 Å². The zero-order valence-corrected chi connectivity index (χ0v) is 10.7. The monoisotopic (exact) mass is 208 g/mol. The second kappa shape index (κ2) is 4.89. The Morgan fingerprint density at radius 2 is 1.53 bits per heavy atom. The van der Waals surface area contributed by atoms with Crippen LogP contribution < -0.4 is 0 Å². The molecule has 2 rings (SSSR count). The molecule has 0 spiro atoms. The van der Waals surface area contributed by atoms with Gasteiger partial charge < -0.3 is 0 Å². The molecule has 0 heteroatoms. The Morgan fingerprint density at radius 3 is 2.07 bits per heavy atom. The van der Waals surface area contributed by atoms with E-state index in [-0.39, 0.29) is 0 Å². The van der Waals surface area contributed by atoms with Gasteiger partial charge >= 0.3 is 0 Å². The molecule has 0 heterocycles. The van der Waals surface area contributed by atoms with E-state index in [1.54, 1.807) is 0 Å². The number of hydrogen-bond acceptors (Lipinski definition) is 0. The molecule has 0 N–H and O–H groups in total. The molecule has 2 saturated carbocycles. The highest BCUT2D eigenvalue weighted by Gasteiger charge is 2.37. The fraction of sp³-hybridized carbons (Fsp3) is 1.00. The summed E-state index contributed by atoms with van der Waals surface area (Å²) in [7, 11) is 0. The predicted octanol–water partition coefficient (Wildman–Crippen LogP) is 5.17. The van der Waals surface area contributed by atoms with Crippen molar-refractivity contribution in [3.05, 3.63) is 0 Å². The van der Waals surface area contributed by atoms with Gasteiger partial charge in [-0.3, -0.25) is 0 Å². The average Bonchev–Trinajstić information content (AvgIpc) is 2.31. The first-order chi connectivity index (χ1) is 7.24. The Hall–Kier alpha value is 0. The van der Waals surface area contributed by atoms with Crippen LogP contribution in [0.25, 0.3) is 0 Å². The second-order valence-electron chi connectivity index (χ2n) is 6.34. The van der Waals surface area contributed by atoms with E-state index in [1.807, 2.05) is 0 Å². The maximum Gasteiger partial charge on any atom is -0.0297 e. The van der Waals surface area contributed by atoms with Crippen molar-refractivity contribution in [2.45, 2.75) is 78.1 Å². The maximum atomic E-state index is 2.59. The van der Waals surface area contributed by atoms with E-state index in [2.05, 4.69) is 13.8 Å². The minimum absolute atomic E-state index is 0.728. The predicted molar refractivity (Wildman–Crippen MR) is 66.9 cm³/mol. The van der Waals surface area contributed by atoms with Crippen LogP contribution in [0.5, 0.6) is 0 Å². The third-order valence-corrected chi connectivity index (χ3v) is 5.42. The van der Waals surface area contributed by atoms with Crippen molar-refractivity contribution in [3.8, 4) is 0 Å². The molecule has 0 aliphatic heterocycles. The lowest BCUT2D eigenvalue weighted by atomic mass is 9.61. The summed E-state index contributed by atoms with van der Waals surface area (Å²) in [6.45, 7) is 4.96. The summed E-state index contributed by atoms with van der Waals surface area (Å²) in [6.07, 6.45) is 15.1. The molecule has 0 radical (unpaired) electrons. The number of hydrogen-bond donors (Lipinski definition) is 0. The third-order valence-electron chi connectivity index (χ3n) is 5.42. The van der Waals surface area contributed by atoms with Crippen LogP contribution in [-0.2, 0) is 0 Å². The summed E-state index contributed by atoms with van der Waals surface area (Å²) in [6, 6.07) is 0. The standard InChI is InChI=1S/C15H28/c1-3-13-9-11-15(2,12-10-13)14-7-5-4-6-8-14/h13-14H,3-12H2,1-2H3. The van der Waals surface area contributed by atoms with E-state index < -0.39 is 0 Å². The van der Waals surface area contributed by atoms with E-state index in [0.717, 1.165) is 17.3 Å². The topological polar surface area (TPSA) is 0 Å². The van der Waals surface area contributed by atoms with Crippen molar-refractivity contribution < 1.29 is 0 Å². The molecule has 0 aromatic carbocycles. The first kappa shape index (κ1) is 11.5. The largest absolute Gasteiger partial charge is 0.0651 e. The maximum absolute atomic E-state index is 2.59. The van der Waals surface area contributed by atoms with Crippen LogP contribution in [0.3, 0.4) is 0 Å². The van der Waals surface area contributed by atoms with Gasteiger partial charge in [0.25, 0.3) is 0 Å². The Kier molecular flexibility index (Phi) is 3.74. The molecule has 2 aliphatic carbocycles. The Labute approximate surface area is 95.8 Å². The molecule has 0 nitrogen and oxygen atoms in total. The zero-order valence-electron chi connectivity index (χ0n) is 10.7. The van der Waals surface area contributed by atoms with Crippen molar-refractivity contribution in [1.29, 1.82) is 0 Å². The minimum atomic E-state index is 0.728. The summed E-state index contributed by atoms with van der Waals surface area (Å²) < 4.78 is 0. The highest BCUT2D eigenvalue weighted by Crippen LogP contribution is 2.49. The van der Waals surface area contributed by atoms with Gasteiger partial charge in [0.1, 0.15) is 0 Å². The van der Waals surface area contributed by atoms with Gasteiger partial charge in [0.2, 0.25) is 0 Å². The second-order valence-corrected chi connectivity index (χ2v) is 6.34. The van der Waals surface area contributed by atoms with E-state index in [4.69, 9.17) is 0 Å². The normalized spacial score (nSPS) is 39.2. The minimum Gasteiger partial charge on any atom is -0.0651 e. The highest BCUT2D eigenvalue weighted by atomic mass is 14.4. The fourth-order valence-electron chi connectivity index (χ4n) is 3.95. The third kappa shape index (κ3) is 2.57. The van der Waals surface area contributed by atoms with Gasteiger partial charge in [0.15, 0.2) is 0 Å². The van der Waals surface area contributed by atoms with Crippen LogP contribution in [0, 0.1) is 17.3 Å². The van der Waals surface area contributed by atoms with Crippen LogP contribution in [0.15, 0.2) is 0 Å². The summed E-state index contributed by atoms with van der Waals surface area (Å²) in [5.41, 5.74) is 0.728. The molecule has 2 fully saturated rings. The van der Waals surface area contributed by atoms with E-state index >= 15 is 0 Å². The van der Waals surface area contributed by atoms with Crippen LogP contribution in [0.1, 0.15) is 78.1 Å². The molecular formula is C15H28. The lowest BCUT2D eigenvalue weighted by molar-refractivity contribution is 0.0662. The summed E-state index contributed by atoms with van der Waals surface area (Å²) in [5.74, 6) is 2.13. The first-order valence-electron chi connectivity index (χ1n) is 7.24. The zero-order chi connectivity index (χ0) is 10.7. The van der Waals surface area contributed by atoms with Crippen molar-refractivity contribution >= 4 is 0 Å². The SMILES string of the molecule is CCC1CCC(C)(C2CCCCC2)CC1. The molecule has 88 valence electrons. The van der Waals surface area contributed by atoms with E-state index in [0.29, 0.717) is 0 Å². The molecule has 2 aliphatic rings. The molecule has 0 saturated heterocycles. The van der Waals surface area contributed by atoms with Gasteiger partial charge in [-0.05, 0) is 55.8 Å². The Bertz CT molecular complexity index is 180. The molecule has 0 aromatic rings. The van der Waals surface area contributed by atoms with Gasteiger partial charge in [-0.1, -0.05) is 39.5 Å². The Balaban J connectivity index is 1.89. The van der Waals surface area contributed by atoms with Crippen molar-refractivity contribution in [3.63, 3.8) is 0 Å². The smallest absolute Gasteiger partial charge is 0.0297 e. The van der Waals surface area contributed by atoms with Crippen LogP contribution >= 0.6 is 0 Å². The van der Waals surface area contributed by atoms with Crippen molar-refractivity contribution in [2.75, 3.05) is 0 Å². The molecule has 15 heavy (non-hydrogen) atoms. The lowest BCUT2D eigenvalue weighted by Gasteiger charge is -2.44. The van der Waals surface area contributed by atoms with E-state index in [1.165, 1.54) is 64.2 Å². The summed E-state index contributed by atoms with van der Waals surface area (Å²) in [5, 5.41) is 0. The quantitative estimate of drug-likeness (QED) is 0.587. The average molecular weight is 208 g/mol. The Morgan fingerprint density at radius 1 is 0.933 bits per heavy atom. The van der Waals surface area contributed by atoms with Crippen LogP contribution in [0.4, 0.5) is 0 Å². The van der Waals surface area contributed by atoms with Crippen molar-refractivity contribution in [2.24, 2.45) is 17.3 Å². The first-order valence-corrected chi connectivity index (χ1v) is 7.24. The molecular weight excluding hydrogens is 180 g/mol. The molecule has 0 bridgehead atoms. The van der Waals surface area contributed by atoms with Gasteiger partial charge in [-0.15, -0.1) is 0 Å². The lowest BCUT2D eigenvalue weighted by Crippen LogP contribution is -2.33. The summed E-state index contributed by atoms with van der Waals surface area (Å²) >= 11 is 0. The van der Waals surface area contributed by atoms with E-state index in [9.17, 15) is 0 Å². The molecule has 0 atom stereocenters. The van der Waals surface area contributed by atoms with Gasteiger partial charge in [-0.25, -0.2) is 0 Å². The molecule has 0 amide bonds. The van der Waals surface area contributed by atoms with Crippen LogP contribution in [-0.4, -0.2) is 0 Å². The number of rotatable bonds is 2. The fourth-order valence-corrected chi connectivity index (χ4v) is 3.95. The van der Waals surface area contributed by atoms with Gasteiger partial charge in [0.05, 0.1) is 0 Å². The molecule has 0 unspecified atom stereocenters. The summed E-state index contributed by atoms with van der Waals surface area (Å²) in [4.78, 5) is 0. The van der Waals surface area contributed by atoms with Crippen molar-refractivity contribution in [1.82, 2.24) is 0 Å².